The number of ether oxygens (including phenoxy) is 1. The van der Waals surface area contributed by atoms with Crippen molar-refractivity contribution in [1.82, 2.24) is 15.5 Å². The van der Waals surface area contributed by atoms with Crippen molar-refractivity contribution in [2.24, 2.45) is 11.8 Å². The number of likely N-dealkylation sites (tertiary alicyclic amines) is 1. The fourth-order valence-corrected chi connectivity index (χ4v) is 6.22. The van der Waals surface area contributed by atoms with E-state index < -0.39 is 23.2 Å². The summed E-state index contributed by atoms with van der Waals surface area (Å²) in [5.41, 5.74) is -1.58. The zero-order valence-corrected chi connectivity index (χ0v) is 22.7. The average Bonchev–Trinajstić information content (AvgIpc) is 2.90. The first-order chi connectivity index (χ1) is 17.9. The molecule has 210 valence electrons. The van der Waals surface area contributed by atoms with Crippen molar-refractivity contribution in [3.05, 3.63) is 35.4 Å². The molecule has 1 aliphatic heterocycles. The van der Waals surface area contributed by atoms with Crippen LogP contribution in [-0.4, -0.2) is 62.0 Å². The summed E-state index contributed by atoms with van der Waals surface area (Å²) >= 11 is 0. The van der Waals surface area contributed by atoms with Gasteiger partial charge < -0.3 is 25.4 Å². The molecule has 2 amide bonds. The summed E-state index contributed by atoms with van der Waals surface area (Å²) in [5.74, 6) is -1.72. The first-order valence-corrected chi connectivity index (χ1v) is 14.3. The van der Waals surface area contributed by atoms with Crippen LogP contribution >= 0.6 is 0 Å². The monoisotopic (exact) mass is 523 g/mol. The Morgan fingerprint density at radius 1 is 1.19 bits per heavy atom. The van der Waals surface area contributed by atoms with Gasteiger partial charge in [0, 0.05) is 50.4 Å². The molecule has 2 fully saturated rings. The zero-order valence-electron chi connectivity index (χ0n) is 22.7. The van der Waals surface area contributed by atoms with Crippen LogP contribution in [0.4, 0.5) is 13.6 Å². The van der Waals surface area contributed by atoms with Gasteiger partial charge in [0.2, 0.25) is 0 Å². The van der Waals surface area contributed by atoms with Crippen LogP contribution < -0.4 is 10.6 Å². The van der Waals surface area contributed by atoms with Gasteiger partial charge in [-0.2, -0.15) is 0 Å². The summed E-state index contributed by atoms with van der Waals surface area (Å²) < 4.78 is 34.6. The third-order valence-electron chi connectivity index (χ3n) is 8.22. The summed E-state index contributed by atoms with van der Waals surface area (Å²) in [4.78, 5) is 15.1. The van der Waals surface area contributed by atoms with E-state index in [2.05, 4.69) is 10.6 Å². The lowest BCUT2D eigenvalue weighted by Gasteiger charge is -2.43. The molecule has 0 aromatic heterocycles. The smallest absolute Gasteiger partial charge is 0.317 e. The molecule has 0 radical (unpaired) electrons. The summed E-state index contributed by atoms with van der Waals surface area (Å²) in [6, 6.07) is 3.90. The third kappa shape index (κ3) is 8.36. The number of amides is 2. The van der Waals surface area contributed by atoms with Crippen LogP contribution in [0.2, 0.25) is 0 Å². The van der Waals surface area contributed by atoms with E-state index in [1.807, 2.05) is 14.0 Å². The predicted molar refractivity (Wildman–Crippen MR) is 142 cm³/mol. The van der Waals surface area contributed by atoms with Crippen LogP contribution in [0.5, 0.6) is 0 Å². The van der Waals surface area contributed by atoms with Gasteiger partial charge in [0.25, 0.3) is 0 Å². The minimum Gasteiger partial charge on any atom is -0.385 e. The number of carbonyl (C=O) groups excluding carboxylic acids is 1. The van der Waals surface area contributed by atoms with Crippen molar-refractivity contribution < 1.29 is 23.4 Å². The first-order valence-electron chi connectivity index (χ1n) is 14.3. The number of likely N-dealkylation sites (N-methyl/N-ethyl adjacent to an activating group) is 1. The van der Waals surface area contributed by atoms with E-state index >= 15 is 0 Å². The molecule has 1 unspecified atom stereocenters. The van der Waals surface area contributed by atoms with E-state index in [-0.39, 0.29) is 24.1 Å². The predicted octanol–water partition coefficient (Wildman–Crippen LogP) is 5.34. The van der Waals surface area contributed by atoms with Crippen LogP contribution in [0.15, 0.2) is 18.2 Å². The van der Waals surface area contributed by atoms with Gasteiger partial charge in [0.15, 0.2) is 11.6 Å². The number of unbranched alkanes of at least 4 members (excludes halogenated alkanes) is 1. The number of piperidine rings is 1. The molecule has 2 aliphatic rings. The Morgan fingerprint density at radius 3 is 2.70 bits per heavy atom. The van der Waals surface area contributed by atoms with Crippen molar-refractivity contribution in [3.8, 4) is 0 Å². The molecular weight excluding hydrogens is 476 g/mol. The molecule has 0 spiro atoms. The number of carbonyl (C=O) groups is 1. The molecule has 1 aliphatic carbocycles. The van der Waals surface area contributed by atoms with Crippen LogP contribution in [-0.2, 0) is 10.3 Å². The zero-order chi connectivity index (χ0) is 26.7. The van der Waals surface area contributed by atoms with Crippen LogP contribution in [0.1, 0.15) is 83.1 Å². The highest BCUT2D eigenvalue weighted by molar-refractivity contribution is 5.74. The lowest BCUT2D eigenvalue weighted by atomic mass is 9.74. The highest BCUT2D eigenvalue weighted by atomic mass is 19.2. The number of hydrogen-bond acceptors (Lipinski definition) is 4. The van der Waals surface area contributed by atoms with Gasteiger partial charge in [-0.15, -0.1) is 0 Å². The average molecular weight is 524 g/mol. The van der Waals surface area contributed by atoms with E-state index in [0.717, 1.165) is 18.9 Å². The Morgan fingerprint density at radius 2 is 1.97 bits per heavy atom. The molecular formula is C29H47F2N3O3. The number of nitrogens with one attached hydrogen (secondary N) is 2. The van der Waals surface area contributed by atoms with Gasteiger partial charge >= 0.3 is 6.03 Å². The number of benzene rings is 1. The second-order valence-corrected chi connectivity index (χ2v) is 10.9. The van der Waals surface area contributed by atoms with E-state index in [9.17, 15) is 18.7 Å². The van der Waals surface area contributed by atoms with Crippen molar-refractivity contribution in [1.29, 1.82) is 0 Å². The molecule has 3 atom stereocenters. The molecule has 0 bridgehead atoms. The maximum atomic E-state index is 15.0. The molecule has 1 saturated carbocycles. The maximum Gasteiger partial charge on any atom is 0.317 e. The topological polar surface area (TPSA) is 73.8 Å². The van der Waals surface area contributed by atoms with Gasteiger partial charge in [-0.1, -0.05) is 44.2 Å². The minimum atomic E-state index is -1.57. The second kappa shape index (κ2) is 15.0. The number of nitrogens with zero attached hydrogens (tertiary/aromatic N) is 1. The van der Waals surface area contributed by atoms with Gasteiger partial charge in [-0.3, -0.25) is 0 Å². The van der Waals surface area contributed by atoms with E-state index in [4.69, 9.17) is 4.74 Å². The maximum absolute atomic E-state index is 15.0. The minimum absolute atomic E-state index is 0.0125. The molecule has 3 rings (SSSR count). The first kappa shape index (κ1) is 29.8. The Labute approximate surface area is 221 Å². The Kier molecular flexibility index (Phi) is 12.1. The molecule has 1 aromatic carbocycles. The molecule has 3 N–H and O–H groups in total. The normalized spacial score (nSPS) is 21.4. The molecule has 6 nitrogen and oxygen atoms in total. The third-order valence-corrected chi connectivity index (χ3v) is 8.22. The summed E-state index contributed by atoms with van der Waals surface area (Å²) in [5, 5.41) is 18.4. The van der Waals surface area contributed by atoms with E-state index in [1.165, 1.54) is 44.2 Å². The number of hydrogen-bond donors (Lipinski definition) is 3. The van der Waals surface area contributed by atoms with Gasteiger partial charge in [-0.05, 0) is 64.5 Å². The van der Waals surface area contributed by atoms with Crippen molar-refractivity contribution in [2.75, 3.05) is 39.9 Å². The molecule has 8 heteroatoms. The number of rotatable bonds is 13. The SMILES string of the molecule is CCOCCCC[C@@](O)(c1cccc(F)c1F)[C@@H]1CCCN(C(=O)NC(CNC)CC2CCCCC2)C1. The fourth-order valence-electron chi connectivity index (χ4n) is 6.22. The molecule has 1 heterocycles. The molecule has 1 aromatic rings. The van der Waals surface area contributed by atoms with Gasteiger partial charge in [0.1, 0.15) is 0 Å². The lowest BCUT2D eigenvalue weighted by molar-refractivity contribution is -0.0593. The molecule has 1 saturated heterocycles. The largest absolute Gasteiger partial charge is 0.385 e. The van der Waals surface area contributed by atoms with E-state index in [1.54, 1.807) is 4.90 Å². The number of halogens is 2. The van der Waals surface area contributed by atoms with Crippen LogP contribution in [0, 0.1) is 23.5 Å². The van der Waals surface area contributed by atoms with Crippen LogP contribution in [0.3, 0.4) is 0 Å². The quantitative estimate of drug-likeness (QED) is 0.305. The van der Waals surface area contributed by atoms with Gasteiger partial charge in [0.05, 0.1) is 5.60 Å². The highest BCUT2D eigenvalue weighted by Gasteiger charge is 2.43. The second-order valence-electron chi connectivity index (χ2n) is 10.9. The van der Waals surface area contributed by atoms with Crippen molar-refractivity contribution >= 4 is 6.03 Å². The van der Waals surface area contributed by atoms with Crippen molar-refractivity contribution in [3.63, 3.8) is 0 Å². The number of urea groups is 1. The van der Waals surface area contributed by atoms with Crippen molar-refractivity contribution in [2.45, 2.75) is 89.2 Å². The molecule has 37 heavy (non-hydrogen) atoms. The Hall–Kier alpha value is -1.77. The van der Waals surface area contributed by atoms with Crippen LogP contribution in [0.25, 0.3) is 0 Å². The fraction of sp³-hybridized carbons (Fsp3) is 0.759. The highest BCUT2D eigenvalue weighted by Crippen LogP contribution is 2.41. The summed E-state index contributed by atoms with van der Waals surface area (Å²) in [6.07, 6.45) is 10.2. The number of aliphatic hydroxyl groups is 1. The van der Waals surface area contributed by atoms with E-state index in [0.29, 0.717) is 58.0 Å². The lowest BCUT2D eigenvalue weighted by Crippen LogP contribution is -2.54. The summed E-state index contributed by atoms with van der Waals surface area (Å²) in [7, 11) is 1.90. The Bertz CT molecular complexity index is 837. The van der Waals surface area contributed by atoms with Gasteiger partial charge in [-0.25, -0.2) is 13.6 Å². The standard InChI is InChI=1S/C29H47F2N3O3/c1-3-37-18-8-7-16-29(36,25-14-9-15-26(30)27(25)31)23-13-10-17-34(21-23)28(35)33-24(20-32-2)19-22-11-5-4-6-12-22/h9,14-15,22-24,32,36H,3-8,10-13,16-21H2,1-2H3,(H,33,35)/t23-,24?,29+/m1/s1. The Balaban J connectivity index is 1.71. The summed E-state index contributed by atoms with van der Waals surface area (Å²) in [6.45, 7) is 4.70.